The molecule has 2 aliphatic heterocycles. The molecule has 0 bridgehead atoms. The van der Waals surface area contributed by atoms with Crippen molar-refractivity contribution in [2.45, 2.75) is 53.5 Å². The van der Waals surface area contributed by atoms with Crippen molar-refractivity contribution in [1.82, 2.24) is 0 Å². The maximum atomic E-state index is 10.2. The van der Waals surface area contributed by atoms with Gasteiger partial charge in [-0.3, -0.25) is 0 Å². The molecule has 0 spiro atoms. The number of aliphatic hydroxyl groups excluding tert-OH is 5. The zero-order valence-electron chi connectivity index (χ0n) is 11.8. The zero-order valence-corrected chi connectivity index (χ0v) is 14.9. The molecular weight excluding hydrogens is 423 g/mol. The van der Waals surface area contributed by atoms with Crippen LogP contribution in [0.4, 0.5) is 0 Å². The number of halogens is 3. The third-order valence-electron chi connectivity index (χ3n) is 3.96. The summed E-state index contributed by atoms with van der Waals surface area (Å²) in [7, 11) is 0. The summed E-state index contributed by atoms with van der Waals surface area (Å²) in [4.78, 5) is -0.718. The highest BCUT2D eigenvalue weighted by Gasteiger charge is 2.58. The first kappa shape index (κ1) is 20.1. The Kier molecular flexibility index (Phi) is 6.94. The van der Waals surface area contributed by atoms with Gasteiger partial charge in [-0.15, -0.1) is 23.2 Å². The van der Waals surface area contributed by atoms with Crippen LogP contribution < -0.4 is 0 Å². The summed E-state index contributed by atoms with van der Waals surface area (Å²) in [5.74, 6) is -2.37. The quantitative estimate of drug-likeness (QED) is 0.326. The molecule has 2 fully saturated rings. The van der Waals surface area contributed by atoms with Crippen molar-refractivity contribution in [2.75, 3.05) is 18.4 Å². The molecule has 23 heavy (non-hydrogen) atoms. The second-order valence-electron chi connectivity index (χ2n) is 5.46. The topological polar surface area (TPSA) is 129 Å². The van der Waals surface area contributed by atoms with Gasteiger partial charge in [0, 0.05) is 0 Å². The monoisotopic (exact) mass is 440 g/mol. The Morgan fingerprint density at radius 2 is 1.70 bits per heavy atom. The molecule has 0 saturated carbocycles. The Morgan fingerprint density at radius 3 is 2.17 bits per heavy atom. The lowest BCUT2D eigenvalue weighted by molar-refractivity contribution is -0.357. The Labute approximate surface area is 151 Å². The van der Waals surface area contributed by atoms with Gasteiger partial charge in [0.15, 0.2) is 6.29 Å². The molecule has 0 aromatic carbocycles. The minimum atomic E-state index is -1.87. The van der Waals surface area contributed by atoms with Gasteiger partial charge in [0.2, 0.25) is 5.79 Å². The van der Waals surface area contributed by atoms with Gasteiger partial charge >= 0.3 is 0 Å². The highest BCUT2D eigenvalue weighted by atomic mass is 79.9. The van der Waals surface area contributed by atoms with Crippen LogP contribution in [0.25, 0.3) is 0 Å². The van der Waals surface area contributed by atoms with E-state index in [0.717, 1.165) is 0 Å². The van der Waals surface area contributed by atoms with Crippen LogP contribution >= 0.6 is 39.1 Å². The third kappa shape index (κ3) is 3.65. The summed E-state index contributed by atoms with van der Waals surface area (Å²) >= 11 is 14.6. The number of aliphatic hydroxyl groups is 5. The van der Waals surface area contributed by atoms with Crippen LogP contribution in [0.15, 0.2) is 0 Å². The van der Waals surface area contributed by atoms with Crippen LogP contribution in [0.3, 0.4) is 0 Å². The normalized spacial score (nSPS) is 51.1. The van der Waals surface area contributed by atoms with E-state index >= 15 is 0 Å². The molecule has 11 heteroatoms. The van der Waals surface area contributed by atoms with Gasteiger partial charge in [0.25, 0.3) is 0 Å². The Balaban J connectivity index is 2.18. The predicted octanol–water partition coefficient (Wildman–Crippen LogP) is -1.50. The standard InChI is InChI=1S/C12H19BrCl2O8/c13-6-5(2-16)21-11(9(19)8(6)18)23-12(3-15)10(20)7(17)4(1-14)22-12/h4-11,16-20H,1-3H2/t4-,5-,6+,7-,8+,9-,10+,11-,12+/m1/s1. The van der Waals surface area contributed by atoms with Crippen molar-refractivity contribution in [3.8, 4) is 0 Å². The Bertz CT molecular complexity index is 405. The lowest BCUT2D eigenvalue weighted by Crippen LogP contribution is -2.61. The smallest absolute Gasteiger partial charge is 0.214 e. The maximum Gasteiger partial charge on any atom is 0.214 e. The molecule has 2 saturated heterocycles. The van der Waals surface area contributed by atoms with Gasteiger partial charge in [-0.05, 0) is 0 Å². The summed E-state index contributed by atoms with van der Waals surface area (Å²) in [5.41, 5.74) is 0. The van der Waals surface area contributed by atoms with Crippen LogP contribution in [-0.2, 0) is 14.2 Å². The third-order valence-corrected chi connectivity index (χ3v) is 5.77. The van der Waals surface area contributed by atoms with E-state index in [1.807, 2.05) is 0 Å². The maximum absolute atomic E-state index is 10.2. The van der Waals surface area contributed by atoms with Crippen molar-refractivity contribution in [3.05, 3.63) is 0 Å². The molecular formula is C12H19BrCl2O8. The second-order valence-corrected chi connectivity index (χ2v) is 7.09. The first-order valence-corrected chi connectivity index (χ1v) is 8.90. The number of alkyl halides is 3. The minimum Gasteiger partial charge on any atom is -0.394 e. The Hall–Kier alpha value is 0.740. The van der Waals surface area contributed by atoms with E-state index in [2.05, 4.69) is 15.9 Å². The van der Waals surface area contributed by atoms with Crippen molar-refractivity contribution in [2.24, 2.45) is 0 Å². The molecule has 2 rings (SSSR count). The molecule has 0 aliphatic carbocycles. The average molecular weight is 442 g/mol. The van der Waals surface area contributed by atoms with Crippen LogP contribution in [0.1, 0.15) is 0 Å². The first-order valence-electron chi connectivity index (χ1n) is 6.91. The molecule has 9 atom stereocenters. The molecule has 0 amide bonds. The number of rotatable bonds is 5. The summed E-state index contributed by atoms with van der Waals surface area (Å²) < 4.78 is 16.3. The van der Waals surface area contributed by atoms with Crippen molar-refractivity contribution < 1.29 is 39.7 Å². The number of hydrogen-bond acceptors (Lipinski definition) is 8. The molecule has 8 nitrogen and oxygen atoms in total. The van der Waals surface area contributed by atoms with Crippen LogP contribution in [0.2, 0.25) is 0 Å². The van der Waals surface area contributed by atoms with Crippen molar-refractivity contribution in [3.63, 3.8) is 0 Å². The van der Waals surface area contributed by atoms with E-state index in [4.69, 9.17) is 37.4 Å². The molecule has 0 unspecified atom stereocenters. The fourth-order valence-corrected chi connectivity index (χ4v) is 3.69. The van der Waals surface area contributed by atoms with E-state index in [9.17, 15) is 25.5 Å². The van der Waals surface area contributed by atoms with E-state index in [1.54, 1.807) is 0 Å². The fourth-order valence-electron chi connectivity index (χ4n) is 2.56. The zero-order chi connectivity index (χ0) is 17.4. The minimum absolute atomic E-state index is 0.111. The molecule has 136 valence electrons. The van der Waals surface area contributed by atoms with Gasteiger partial charge in [-0.25, -0.2) is 0 Å². The summed E-state index contributed by atoms with van der Waals surface area (Å²) in [6.07, 6.45) is -8.89. The highest BCUT2D eigenvalue weighted by Crippen LogP contribution is 2.38. The van der Waals surface area contributed by atoms with E-state index in [-0.39, 0.29) is 11.8 Å². The van der Waals surface area contributed by atoms with Crippen LogP contribution in [-0.4, -0.2) is 97.4 Å². The summed E-state index contributed by atoms with van der Waals surface area (Å²) in [6, 6.07) is 0. The lowest BCUT2D eigenvalue weighted by Gasteiger charge is -2.43. The van der Waals surface area contributed by atoms with Crippen molar-refractivity contribution >= 4 is 39.1 Å². The predicted molar refractivity (Wildman–Crippen MR) is 82.6 cm³/mol. The van der Waals surface area contributed by atoms with Gasteiger partial charge in [-0.1, -0.05) is 15.9 Å². The van der Waals surface area contributed by atoms with Gasteiger partial charge in [-0.2, -0.15) is 0 Å². The fraction of sp³-hybridized carbons (Fsp3) is 1.00. The van der Waals surface area contributed by atoms with E-state index in [1.165, 1.54) is 0 Å². The number of ether oxygens (including phenoxy) is 3. The SMILES string of the molecule is OC[C@H]1O[C@H](O[C@]2(CCl)O[C@H](CCl)[C@@H](O)[C@@H]2O)[C@H](O)[C@@H](O)[C@H]1Br. The largest absolute Gasteiger partial charge is 0.394 e. The van der Waals surface area contributed by atoms with Gasteiger partial charge < -0.3 is 39.7 Å². The molecule has 5 N–H and O–H groups in total. The summed E-state index contributed by atoms with van der Waals surface area (Å²) in [5, 5.41) is 49.4. The van der Waals surface area contributed by atoms with E-state index < -0.39 is 60.1 Å². The molecule has 0 aromatic heterocycles. The highest BCUT2D eigenvalue weighted by molar-refractivity contribution is 9.09. The molecule has 0 aromatic rings. The molecule has 2 heterocycles. The van der Waals surface area contributed by atoms with Gasteiger partial charge in [0.1, 0.15) is 24.4 Å². The van der Waals surface area contributed by atoms with Gasteiger partial charge in [0.05, 0.1) is 35.4 Å². The molecule has 2 aliphatic rings. The van der Waals surface area contributed by atoms with Crippen molar-refractivity contribution in [1.29, 1.82) is 0 Å². The lowest BCUT2D eigenvalue weighted by atomic mass is 10.0. The van der Waals surface area contributed by atoms with E-state index in [0.29, 0.717) is 0 Å². The first-order chi connectivity index (χ1) is 10.8. The number of hydrogen-bond donors (Lipinski definition) is 5. The molecule has 0 radical (unpaired) electrons. The summed E-state index contributed by atoms with van der Waals surface area (Å²) in [6.45, 7) is -0.441. The van der Waals surface area contributed by atoms with Crippen LogP contribution in [0.5, 0.6) is 0 Å². The Morgan fingerprint density at radius 1 is 1.04 bits per heavy atom. The average Bonchev–Trinajstić information content (AvgIpc) is 2.80. The second kappa shape index (κ2) is 7.96. The van der Waals surface area contributed by atoms with Crippen LogP contribution in [0, 0.1) is 0 Å².